The van der Waals surface area contributed by atoms with Gasteiger partial charge >= 0.3 is 0 Å². The van der Waals surface area contributed by atoms with Crippen LogP contribution in [0.2, 0.25) is 0 Å². The molecule has 3 N–H and O–H groups in total. The lowest BCUT2D eigenvalue weighted by atomic mass is 9.98. The summed E-state index contributed by atoms with van der Waals surface area (Å²) in [6.07, 6.45) is 1.90. The van der Waals surface area contributed by atoms with E-state index in [1.807, 2.05) is 13.8 Å². The van der Waals surface area contributed by atoms with E-state index in [2.05, 4.69) is 5.16 Å². The zero-order chi connectivity index (χ0) is 24.1. The number of hydrogen-bond acceptors (Lipinski definition) is 9. The Balaban J connectivity index is 0.00000176. The van der Waals surface area contributed by atoms with Gasteiger partial charge in [0.15, 0.2) is 27.1 Å². The van der Waals surface area contributed by atoms with Gasteiger partial charge in [-0.15, -0.1) is 0 Å². The Kier molecular flexibility index (Phi) is 7.95. The Hall–Kier alpha value is -3.01. The van der Waals surface area contributed by atoms with Crippen molar-refractivity contribution < 1.29 is 38.1 Å². The van der Waals surface area contributed by atoms with Crippen LogP contribution in [-0.4, -0.2) is 53.1 Å². The molecule has 10 heteroatoms. The molecule has 3 rings (SSSR count). The molecule has 1 spiro atoms. The molecule has 32 heavy (non-hydrogen) atoms. The molecular formula is C22H29NO8S. The average molecular weight is 468 g/mol. The van der Waals surface area contributed by atoms with E-state index in [0.717, 1.165) is 5.56 Å². The first-order chi connectivity index (χ1) is 15.1. The second-order valence-electron chi connectivity index (χ2n) is 7.24. The third-order valence-electron chi connectivity index (χ3n) is 5.18. The molecule has 0 amide bonds. The molecule has 2 aliphatic rings. The highest BCUT2D eigenvalue weighted by atomic mass is 32.2. The van der Waals surface area contributed by atoms with Gasteiger partial charge in [-0.05, 0) is 31.6 Å². The second kappa shape index (κ2) is 10.1. The van der Waals surface area contributed by atoms with Crippen molar-refractivity contribution in [2.75, 3.05) is 11.5 Å². The van der Waals surface area contributed by atoms with Crippen molar-refractivity contribution in [3.8, 4) is 11.5 Å². The van der Waals surface area contributed by atoms with Crippen molar-refractivity contribution >= 4 is 21.8 Å². The summed E-state index contributed by atoms with van der Waals surface area (Å²) in [5.74, 6) is -2.05. The third kappa shape index (κ3) is 5.24. The molecule has 176 valence electrons. The summed E-state index contributed by atoms with van der Waals surface area (Å²) >= 11 is 0. The van der Waals surface area contributed by atoms with Crippen LogP contribution >= 0.6 is 0 Å². The quantitative estimate of drug-likeness (QED) is 0.147. The highest BCUT2D eigenvalue weighted by molar-refractivity contribution is 7.91. The second-order valence-corrected chi connectivity index (χ2v) is 9.54. The molecule has 0 aromatic heterocycles. The lowest BCUT2D eigenvalue weighted by Crippen LogP contribution is -2.46. The number of aliphatic hydroxyl groups is 2. The highest BCUT2D eigenvalue weighted by Gasteiger charge is 2.47. The topological polar surface area (TPSA) is 143 Å². The van der Waals surface area contributed by atoms with Gasteiger partial charge < -0.3 is 24.9 Å². The molecule has 0 atom stereocenters. The van der Waals surface area contributed by atoms with Gasteiger partial charge in [-0.25, -0.2) is 8.42 Å². The number of ether oxygens (including phenoxy) is 2. The summed E-state index contributed by atoms with van der Waals surface area (Å²) in [6, 6.07) is 3.24. The SMILES string of the molecule is CC.C\C=C(O)/C(CC(=O)c1ccc(C)c2c1OC1(CCS(=O)(=O)CC1)O2)=C(O)\C=N\O. The fourth-order valence-corrected chi connectivity index (χ4v) is 4.88. The maximum atomic E-state index is 13.0. The van der Waals surface area contributed by atoms with Crippen molar-refractivity contribution in [2.24, 2.45) is 5.16 Å². The predicted molar refractivity (Wildman–Crippen MR) is 120 cm³/mol. The smallest absolute Gasteiger partial charge is 0.253 e. The number of nitrogens with zero attached hydrogens (tertiary/aromatic N) is 1. The fourth-order valence-electron chi connectivity index (χ4n) is 3.43. The number of rotatable bonds is 5. The van der Waals surface area contributed by atoms with Crippen molar-refractivity contribution in [1.29, 1.82) is 0 Å². The number of fused-ring (bicyclic) bond motifs is 1. The number of hydrogen-bond donors (Lipinski definition) is 3. The summed E-state index contributed by atoms with van der Waals surface area (Å²) in [5.41, 5.74) is 0.789. The zero-order valence-corrected chi connectivity index (χ0v) is 19.4. The van der Waals surface area contributed by atoms with Gasteiger partial charge in [-0.2, -0.15) is 0 Å². The van der Waals surface area contributed by atoms with Crippen molar-refractivity contribution in [3.63, 3.8) is 0 Å². The number of Topliss-reactive ketones (excluding diaryl/α,β-unsaturated/α-hetero) is 1. The van der Waals surface area contributed by atoms with Gasteiger partial charge in [-0.1, -0.05) is 25.1 Å². The third-order valence-corrected chi connectivity index (χ3v) is 6.83. The highest BCUT2D eigenvalue weighted by Crippen LogP contribution is 2.48. The molecule has 1 fully saturated rings. The minimum Gasteiger partial charge on any atom is -0.508 e. The number of benzene rings is 1. The van der Waals surface area contributed by atoms with E-state index in [1.54, 1.807) is 19.1 Å². The number of aryl methyl sites for hydroxylation is 1. The van der Waals surface area contributed by atoms with Crippen LogP contribution in [0.15, 0.2) is 40.5 Å². The number of oxime groups is 1. The minimum atomic E-state index is -3.14. The van der Waals surface area contributed by atoms with Crippen molar-refractivity contribution in [3.05, 3.63) is 46.4 Å². The van der Waals surface area contributed by atoms with E-state index < -0.39 is 33.6 Å². The minimum absolute atomic E-state index is 0.0697. The van der Waals surface area contributed by atoms with Gasteiger partial charge in [0.05, 0.1) is 17.1 Å². The van der Waals surface area contributed by atoms with Gasteiger partial charge in [0, 0.05) is 24.8 Å². The van der Waals surface area contributed by atoms with E-state index in [0.29, 0.717) is 12.0 Å². The van der Waals surface area contributed by atoms with E-state index in [1.165, 1.54) is 13.0 Å². The van der Waals surface area contributed by atoms with Gasteiger partial charge in [0.25, 0.3) is 5.79 Å². The summed E-state index contributed by atoms with van der Waals surface area (Å²) < 4.78 is 35.6. The normalized spacial score (nSPS) is 19.3. The lowest BCUT2D eigenvalue weighted by Gasteiger charge is -2.31. The number of carbonyl (C=O) groups excluding carboxylic acids is 1. The van der Waals surface area contributed by atoms with E-state index in [4.69, 9.17) is 14.7 Å². The largest absolute Gasteiger partial charge is 0.508 e. The Morgan fingerprint density at radius 3 is 2.31 bits per heavy atom. The van der Waals surface area contributed by atoms with Crippen molar-refractivity contribution in [2.45, 2.75) is 52.7 Å². The van der Waals surface area contributed by atoms with E-state index >= 15 is 0 Å². The molecule has 2 heterocycles. The van der Waals surface area contributed by atoms with Crippen LogP contribution in [0.25, 0.3) is 0 Å². The number of sulfone groups is 1. The Morgan fingerprint density at radius 2 is 1.75 bits per heavy atom. The van der Waals surface area contributed by atoms with Crippen LogP contribution in [0.3, 0.4) is 0 Å². The van der Waals surface area contributed by atoms with E-state index in [-0.39, 0.29) is 47.0 Å². The summed E-state index contributed by atoms with van der Waals surface area (Å²) in [6.45, 7) is 7.31. The van der Waals surface area contributed by atoms with Gasteiger partial charge in [0.1, 0.15) is 17.7 Å². The molecule has 1 aromatic carbocycles. The first-order valence-corrected chi connectivity index (χ1v) is 12.1. The Morgan fingerprint density at radius 1 is 1.16 bits per heavy atom. The van der Waals surface area contributed by atoms with Crippen molar-refractivity contribution in [1.82, 2.24) is 0 Å². The molecule has 1 aromatic rings. The maximum absolute atomic E-state index is 13.0. The van der Waals surface area contributed by atoms with Crippen LogP contribution < -0.4 is 9.47 Å². The summed E-state index contributed by atoms with van der Waals surface area (Å²) in [5, 5.41) is 31.4. The predicted octanol–water partition coefficient (Wildman–Crippen LogP) is 4.00. The first kappa shape index (κ1) is 25.3. The molecule has 9 nitrogen and oxygen atoms in total. The Labute approximate surface area is 187 Å². The molecule has 0 radical (unpaired) electrons. The number of allylic oxidation sites excluding steroid dienone is 3. The molecule has 2 aliphatic heterocycles. The average Bonchev–Trinajstić information content (AvgIpc) is 3.16. The number of aliphatic hydroxyl groups excluding tert-OH is 2. The number of carbonyl (C=O) groups is 1. The molecular weight excluding hydrogens is 438 g/mol. The maximum Gasteiger partial charge on any atom is 0.253 e. The van der Waals surface area contributed by atoms with Crippen LogP contribution in [-0.2, 0) is 9.84 Å². The van der Waals surface area contributed by atoms with Crippen LogP contribution in [0.1, 0.15) is 56.0 Å². The molecule has 1 saturated heterocycles. The van der Waals surface area contributed by atoms with Crippen LogP contribution in [0.4, 0.5) is 0 Å². The molecule has 0 unspecified atom stereocenters. The molecule has 0 bridgehead atoms. The zero-order valence-electron chi connectivity index (χ0n) is 18.6. The number of ketones is 1. The van der Waals surface area contributed by atoms with Gasteiger partial charge in [0.2, 0.25) is 0 Å². The van der Waals surface area contributed by atoms with E-state index in [9.17, 15) is 23.4 Å². The standard InChI is InChI=1S/C20H23NO8S.C2H6/c1-3-15(22)14(17(24)11-21-25)10-16(23)13-5-4-12(2)18-19(13)29-20(28-18)6-8-30(26,27)9-7-20;1-2/h3-5,11,22,24-25H,6-10H2,1-2H3;1-2H3/b15-3+,17-14+,21-11+;. The fraction of sp³-hybridized carbons (Fsp3) is 0.455. The molecule has 0 saturated carbocycles. The summed E-state index contributed by atoms with van der Waals surface area (Å²) in [4.78, 5) is 13.0. The van der Waals surface area contributed by atoms with Gasteiger partial charge in [-0.3, -0.25) is 4.79 Å². The van der Waals surface area contributed by atoms with Crippen LogP contribution in [0, 0.1) is 6.92 Å². The lowest BCUT2D eigenvalue weighted by molar-refractivity contribution is -0.0859. The molecule has 0 aliphatic carbocycles. The Bertz CT molecular complexity index is 1060. The monoisotopic (exact) mass is 467 g/mol. The first-order valence-electron chi connectivity index (χ1n) is 10.3. The van der Waals surface area contributed by atoms with Crippen LogP contribution in [0.5, 0.6) is 11.5 Å². The summed E-state index contributed by atoms with van der Waals surface area (Å²) in [7, 11) is -3.14.